The first kappa shape index (κ1) is 13.8. The Hall–Kier alpha value is -1.62. The number of carbonyl (C=O) groups is 1. The van der Waals surface area contributed by atoms with Crippen molar-refractivity contribution in [3.05, 3.63) is 30.1 Å². The van der Waals surface area contributed by atoms with Crippen LogP contribution in [0.4, 0.5) is 10.1 Å². The summed E-state index contributed by atoms with van der Waals surface area (Å²) in [4.78, 5) is 13.0. The SMILES string of the molecule is CC1CCNC(CC(=O)O)CN1c1ccc(F)cc1. The minimum absolute atomic E-state index is 0.0764. The van der Waals surface area contributed by atoms with Gasteiger partial charge >= 0.3 is 5.97 Å². The summed E-state index contributed by atoms with van der Waals surface area (Å²) in [6.45, 7) is 3.53. The van der Waals surface area contributed by atoms with Crippen molar-refractivity contribution in [2.75, 3.05) is 18.0 Å². The molecule has 2 unspecified atom stereocenters. The lowest BCUT2D eigenvalue weighted by Crippen LogP contribution is -2.41. The molecule has 2 N–H and O–H groups in total. The summed E-state index contributed by atoms with van der Waals surface area (Å²) in [5.74, 6) is -1.06. The average Bonchev–Trinajstić information content (AvgIpc) is 2.52. The number of aliphatic carboxylic acids is 1. The summed E-state index contributed by atoms with van der Waals surface area (Å²) in [6, 6.07) is 6.59. The molecule has 0 spiro atoms. The van der Waals surface area contributed by atoms with Gasteiger partial charge in [0.15, 0.2) is 0 Å². The van der Waals surface area contributed by atoms with E-state index in [1.165, 1.54) is 12.1 Å². The Labute approximate surface area is 112 Å². The molecular weight excluding hydrogens is 247 g/mol. The molecule has 0 radical (unpaired) electrons. The van der Waals surface area contributed by atoms with E-state index in [0.717, 1.165) is 18.7 Å². The Bertz CT molecular complexity index is 436. The summed E-state index contributed by atoms with van der Waals surface area (Å²) in [7, 11) is 0. The van der Waals surface area contributed by atoms with Gasteiger partial charge in [-0.15, -0.1) is 0 Å². The van der Waals surface area contributed by atoms with Crippen LogP contribution in [0.1, 0.15) is 19.8 Å². The van der Waals surface area contributed by atoms with E-state index >= 15 is 0 Å². The highest BCUT2D eigenvalue weighted by molar-refractivity contribution is 5.67. The van der Waals surface area contributed by atoms with Crippen LogP contribution >= 0.6 is 0 Å². The van der Waals surface area contributed by atoms with E-state index in [2.05, 4.69) is 17.1 Å². The first-order chi connectivity index (χ1) is 9.06. The monoisotopic (exact) mass is 266 g/mol. The number of benzene rings is 1. The number of carboxylic acids is 1. The fourth-order valence-corrected chi connectivity index (χ4v) is 2.47. The molecule has 0 bridgehead atoms. The fourth-order valence-electron chi connectivity index (χ4n) is 2.47. The van der Waals surface area contributed by atoms with Crippen molar-refractivity contribution >= 4 is 11.7 Å². The molecule has 4 nitrogen and oxygen atoms in total. The third kappa shape index (κ3) is 3.67. The molecule has 104 valence electrons. The number of halogens is 1. The van der Waals surface area contributed by atoms with Gasteiger partial charge in [-0.3, -0.25) is 4.79 Å². The molecule has 1 fully saturated rings. The van der Waals surface area contributed by atoms with Gasteiger partial charge in [0.25, 0.3) is 0 Å². The van der Waals surface area contributed by atoms with E-state index < -0.39 is 5.97 Å². The van der Waals surface area contributed by atoms with Gasteiger partial charge in [0.1, 0.15) is 5.82 Å². The second-order valence-corrected chi connectivity index (χ2v) is 5.02. The van der Waals surface area contributed by atoms with Crippen LogP contribution in [-0.2, 0) is 4.79 Å². The zero-order valence-electron chi connectivity index (χ0n) is 11.0. The minimum atomic E-state index is -0.800. The summed E-state index contributed by atoms with van der Waals surface area (Å²) in [5, 5.41) is 12.2. The molecule has 0 amide bonds. The predicted molar refractivity (Wildman–Crippen MR) is 71.9 cm³/mol. The Kier molecular flexibility index (Phi) is 4.37. The number of hydrogen-bond acceptors (Lipinski definition) is 3. The third-order valence-corrected chi connectivity index (χ3v) is 3.52. The highest BCUT2D eigenvalue weighted by Crippen LogP contribution is 2.21. The molecular formula is C14H19FN2O2. The Morgan fingerprint density at radius 2 is 2.16 bits per heavy atom. The van der Waals surface area contributed by atoms with Crippen molar-refractivity contribution in [2.45, 2.75) is 31.8 Å². The van der Waals surface area contributed by atoms with E-state index in [0.29, 0.717) is 12.6 Å². The van der Waals surface area contributed by atoms with Gasteiger partial charge in [0, 0.05) is 24.3 Å². The van der Waals surface area contributed by atoms with Gasteiger partial charge in [0.2, 0.25) is 0 Å². The van der Waals surface area contributed by atoms with Gasteiger partial charge in [-0.2, -0.15) is 0 Å². The predicted octanol–water partition coefficient (Wildman–Crippen LogP) is 1.86. The molecule has 0 saturated carbocycles. The molecule has 1 aliphatic rings. The lowest BCUT2D eigenvalue weighted by Gasteiger charge is -2.31. The number of carboxylic acid groups (broad SMARTS) is 1. The van der Waals surface area contributed by atoms with Crippen molar-refractivity contribution in [1.29, 1.82) is 0 Å². The first-order valence-electron chi connectivity index (χ1n) is 6.53. The molecule has 19 heavy (non-hydrogen) atoms. The number of anilines is 1. The topological polar surface area (TPSA) is 52.6 Å². The molecule has 2 rings (SSSR count). The van der Waals surface area contributed by atoms with Crippen LogP contribution in [0.2, 0.25) is 0 Å². The maximum Gasteiger partial charge on any atom is 0.304 e. The number of hydrogen-bond donors (Lipinski definition) is 2. The smallest absolute Gasteiger partial charge is 0.304 e. The maximum atomic E-state index is 13.0. The van der Waals surface area contributed by atoms with Crippen LogP contribution < -0.4 is 10.2 Å². The van der Waals surface area contributed by atoms with E-state index in [-0.39, 0.29) is 18.3 Å². The minimum Gasteiger partial charge on any atom is -0.481 e. The summed E-state index contributed by atoms with van der Waals surface area (Å²) >= 11 is 0. The van der Waals surface area contributed by atoms with Crippen LogP contribution in [0.5, 0.6) is 0 Å². The van der Waals surface area contributed by atoms with Crippen molar-refractivity contribution in [2.24, 2.45) is 0 Å². The van der Waals surface area contributed by atoms with Crippen LogP contribution in [0.25, 0.3) is 0 Å². The molecule has 0 aliphatic carbocycles. The molecule has 1 heterocycles. The molecule has 1 aromatic carbocycles. The van der Waals surface area contributed by atoms with E-state index in [9.17, 15) is 9.18 Å². The van der Waals surface area contributed by atoms with Crippen molar-refractivity contribution in [3.63, 3.8) is 0 Å². The lowest BCUT2D eigenvalue weighted by molar-refractivity contribution is -0.137. The molecule has 2 atom stereocenters. The number of nitrogens with one attached hydrogen (secondary N) is 1. The molecule has 1 aliphatic heterocycles. The average molecular weight is 266 g/mol. The largest absolute Gasteiger partial charge is 0.481 e. The lowest BCUT2D eigenvalue weighted by atomic mass is 10.1. The Balaban J connectivity index is 2.15. The van der Waals surface area contributed by atoms with Gasteiger partial charge in [0.05, 0.1) is 6.42 Å². The van der Waals surface area contributed by atoms with E-state index in [4.69, 9.17) is 5.11 Å². The molecule has 5 heteroatoms. The van der Waals surface area contributed by atoms with Crippen LogP contribution in [0, 0.1) is 5.82 Å². The maximum absolute atomic E-state index is 13.0. The third-order valence-electron chi connectivity index (χ3n) is 3.52. The van der Waals surface area contributed by atoms with Crippen LogP contribution in [-0.4, -0.2) is 36.2 Å². The van der Waals surface area contributed by atoms with Crippen molar-refractivity contribution < 1.29 is 14.3 Å². The number of nitrogens with zero attached hydrogens (tertiary/aromatic N) is 1. The molecule has 0 aromatic heterocycles. The fraction of sp³-hybridized carbons (Fsp3) is 0.500. The Morgan fingerprint density at radius 1 is 1.47 bits per heavy atom. The molecule has 1 saturated heterocycles. The van der Waals surface area contributed by atoms with Gasteiger partial charge < -0.3 is 15.3 Å². The second kappa shape index (κ2) is 6.02. The number of rotatable bonds is 3. The Morgan fingerprint density at radius 3 is 2.79 bits per heavy atom. The highest BCUT2D eigenvalue weighted by Gasteiger charge is 2.24. The van der Waals surface area contributed by atoms with Crippen LogP contribution in [0.15, 0.2) is 24.3 Å². The van der Waals surface area contributed by atoms with Crippen molar-refractivity contribution in [1.82, 2.24) is 5.32 Å². The quantitative estimate of drug-likeness (QED) is 0.876. The van der Waals surface area contributed by atoms with Gasteiger partial charge in [-0.05, 0) is 44.2 Å². The summed E-state index contributed by atoms with van der Waals surface area (Å²) in [5.41, 5.74) is 0.938. The van der Waals surface area contributed by atoms with E-state index in [1.54, 1.807) is 12.1 Å². The zero-order valence-corrected chi connectivity index (χ0v) is 11.0. The first-order valence-corrected chi connectivity index (χ1v) is 6.53. The van der Waals surface area contributed by atoms with Crippen LogP contribution in [0.3, 0.4) is 0 Å². The summed E-state index contributed by atoms with van der Waals surface area (Å²) in [6.07, 6.45) is 1.04. The standard InChI is InChI=1S/C14H19FN2O2/c1-10-6-7-16-12(8-14(18)19)9-17(10)13-4-2-11(15)3-5-13/h2-5,10,12,16H,6-9H2,1H3,(H,18,19). The zero-order chi connectivity index (χ0) is 13.8. The summed E-state index contributed by atoms with van der Waals surface area (Å²) < 4.78 is 13.0. The molecule has 1 aromatic rings. The van der Waals surface area contributed by atoms with Gasteiger partial charge in [-0.25, -0.2) is 4.39 Å². The highest BCUT2D eigenvalue weighted by atomic mass is 19.1. The van der Waals surface area contributed by atoms with E-state index in [1.807, 2.05) is 0 Å². The second-order valence-electron chi connectivity index (χ2n) is 5.02. The normalized spacial score (nSPS) is 24.0. The van der Waals surface area contributed by atoms with Gasteiger partial charge in [-0.1, -0.05) is 0 Å². The van der Waals surface area contributed by atoms with Crippen molar-refractivity contribution in [3.8, 4) is 0 Å².